The number of carbonyl (C=O) groups excluding carboxylic acids is 2. The summed E-state index contributed by atoms with van der Waals surface area (Å²) >= 11 is 9.80. The molecule has 0 aromatic rings. The first kappa shape index (κ1) is 65.9. The van der Waals surface area contributed by atoms with Crippen LogP contribution in [0.5, 0.6) is 0 Å². The molecule has 4 aliphatic rings. The average Bonchev–Trinajstić information content (AvgIpc) is 3.16. The smallest absolute Gasteiger partial charge is 0.360 e. The third kappa shape index (κ3) is 24.3. The molecule has 1 radical (unpaired) electrons. The zero-order valence-corrected chi connectivity index (χ0v) is 46.7. The molecule has 0 aliphatic heterocycles. The highest BCUT2D eigenvalue weighted by atomic mass is 32.9. The molecule has 19 heteroatoms. The van der Waals surface area contributed by atoms with Gasteiger partial charge in [0.25, 0.3) is 0 Å². The molecule has 0 bridgehead atoms. The van der Waals surface area contributed by atoms with Crippen molar-refractivity contribution in [2.24, 2.45) is 29.6 Å². The van der Waals surface area contributed by atoms with E-state index in [1.807, 2.05) is 13.5 Å². The Kier molecular flexibility index (Phi) is 32.6. The topological polar surface area (TPSA) is 126 Å². The van der Waals surface area contributed by atoms with E-state index >= 15 is 0 Å². The summed E-state index contributed by atoms with van der Waals surface area (Å²) in [7, 11) is -5.41. The summed E-state index contributed by atoms with van der Waals surface area (Å²) in [6, 6.07) is 0.594. The molecule has 0 spiro atoms. The van der Waals surface area contributed by atoms with Crippen molar-refractivity contribution in [2.45, 2.75) is 228 Å². The van der Waals surface area contributed by atoms with Crippen molar-refractivity contribution >= 4 is 102 Å². The number of rotatable bonds is 16. The quantitative estimate of drug-likeness (QED) is 0.0634. The van der Waals surface area contributed by atoms with Gasteiger partial charge in [0.05, 0.1) is 5.92 Å². The largest absolute Gasteiger partial charge is 0.619 e. The number of hydrogen-bond acceptors (Lipinski definition) is 11. The number of hydrogen-bond donors (Lipinski definition) is 0. The lowest BCUT2D eigenvalue weighted by Crippen LogP contribution is -2.53. The van der Waals surface area contributed by atoms with Crippen molar-refractivity contribution < 1.29 is 41.2 Å². The van der Waals surface area contributed by atoms with Crippen molar-refractivity contribution in [1.82, 2.24) is 0 Å². The van der Waals surface area contributed by atoms with Gasteiger partial charge in [0, 0.05) is 34.0 Å². The minimum atomic E-state index is -2.62. The van der Waals surface area contributed by atoms with Crippen LogP contribution in [0, 0.1) is 29.6 Å². The van der Waals surface area contributed by atoms with E-state index in [-0.39, 0.29) is 59.8 Å². The predicted molar refractivity (Wildman–Crippen MR) is 287 cm³/mol. The van der Waals surface area contributed by atoms with Gasteiger partial charge in [-0.15, -0.1) is 0 Å². The highest BCUT2D eigenvalue weighted by Gasteiger charge is 2.43. The Balaban J connectivity index is 0. The van der Waals surface area contributed by atoms with Crippen LogP contribution < -0.4 is 9.79 Å². The van der Waals surface area contributed by atoms with E-state index in [2.05, 4.69) is 52.4 Å². The van der Waals surface area contributed by atoms with E-state index in [9.17, 15) is 19.4 Å². The van der Waals surface area contributed by atoms with Crippen molar-refractivity contribution in [1.29, 1.82) is 0 Å². The van der Waals surface area contributed by atoms with Gasteiger partial charge in [-0.2, -0.15) is 0 Å². The first-order valence-electron chi connectivity index (χ1n) is 22.0. The summed E-state index contributed by atoms with van der Waals surface area (Å²) in [6.07, 6.45) is 17.4. The highest BCUT2D eigenvalue weighted by Crippen LogP contribution is 2.44. The summed E-state index contributed by atoms with van der Waals surface area (Å²) in [5.41, 5.74) is 1.12. The van der Waals surface area contributed by atoms with Crippen molar-refractivity contribution in [3.05, 3.63) is 12.2 Å². The fourth-order valence-electron chi connectivity index (χ4n) is 9.72. The standard InChI is InChI=1S/C24H50O6PS2Si4.C16H25O3PS2.4CH4/c1-19(18-37(9,30-36(6,7)8)29-34(2)28-35(3,4)5)24(25)27-22-14-10-20(11-15-22)21-12-16-23(17-13-21)31(26)33-32;1-11(2)16(17)19-14-7-3-12(4-8-14)13-5-9-15(10-6-13)20(18)22-21;;;;/h19-23H,10-18H2,1-9H3;12-15H,1,3-10H2,2H3;4*1H4. The molecule has 0 aromatic heterocycles. The van der Waals surface area contributed by atoms with Gasteiger partial charge in [0.1, 0.15) is 56.4 Å². The molecule has 0 saturated heterocycles. The maximum Gasteiger partial charge on any atom is 0.360 e. The molecule has 4 unspecified atom stereocenters. The fraction of sp³-hybridized carbons (Fsp3) is 0.909. The Bertz CT molecular complexity index is 1490. The Labute approximate surface area is 409 Å². The van der Waals surface area contributed by atoms with Crippen molar-refractivity contribution in [3.63, 3.8) is 0 Å². The molecular formula is C44H91O9P2S4Si4. The second-order valence-corrected chi connectivity index (χ2v) is 43.0. The van der Waals surface area contributed by atoms with Crippen LogP contribution in [0.4, 0.5) is 0 Å². The fourth-order valence-corrected chi connectivity index (χ4v) is 29.7. The number of carbonyl (C=O) groups is 2. The van der Waals surface area contributed by atoms with E-state index in [0.717, 1.165) is 127 Å². The van der Waals surface area contributed by atoms with Gasteiger partial charge in [-0.05, 0) is 186 Å². The van der Waals surface area contributed by atoms with Crippen LogP contribution in [0.15, 0.2) is 12.2 Å². The maximum absolute atomic E-state index is 13.1. The molecule has 0 N–H and O–H groups in total. The maximum atomic E-state index is 13.1. The molecule has 9 nitrogen and oxygen atoms in total. The van der Waals surface area contributed by atoms with Crippen LogP contribution in [-0.2, 0) is 72.8 Å². The SMILES string of the molecule is C.C.C.C.C=C(C)C(=O)OC1CCC(C2CCC([P+]([O-])=S=S)CC2)CC1.CC(C[Si](C)(O[Si](C)O[Si](C)(C)C)O[Si](C)(C)C)C(=O)OC1CCC(C2CCC([P+]([O-])=S=S)CC2)CC1. The molecule has 4 rings (SSSR count). The average molecular weight is 1070 g/mol. The number of ether oxygens (including phenoxy) is 2. The normalized spacial score (nSPS) is 28.1. The molecule has 371 valence electrons. The van der Waals surface area contributed by atoms with Crippen LogP contribution >= 0.6 is 13.8 Å². The molecule has 4 fully saturated rings. The van der Waals surface area contributed by atoms with E-state index in [4.69, 9.17) is 44.2 Å². The molecule has 0 aromatic carbocycles. The number of esters is 2. The first-order valence-corrected chi connectivity index (χ1v) is 40.5. The third-order valence-corrected chi connectivity index (χ3v) is 32.2. The molecular weight excluding hydrogens is 975 g/mol. The molecule has 63 heavy (non-hydrogen) atoms. The summed E-state index contributed by atoms with van der Waals surface area (Å²) in [5, 5.41) is 0. The Morgan fingerprint density at radius 3 is 1.32 bits per heavy atom. The monoisotopic (exact) mass is 1070 g/mol. The predicted octanol–water partition coefficient (Wildman–Crippen LogP) is 12.4. The van der Waals surface area contributed by atoms with Crippen molar-refractivity contribution in [3.8, 4) is 0 Å². The summed E-state index contributed by atoms with van der Waals surface area (Å²) < 4.78 is 30.9. The van der Waals surface area contributed by atoms with Gasteiger partial charge in [-0.1, -0.05) is 43.2 Å². The van der Waals surface area contributed by atoms with Gasteiger partial charge >= 0.3 is 29.8 Å². The lowest BCUT2D eigenvalue weighted by molar-refractivity contribution is -0.155. The Morgan fingerprint density at radius 1 is 0.651 bits per heavy atom. The Hall–Kier alpha value is 0.828. The van der Waals surface area contributed by atoms with E-state index in [1.165, 1.54) is 12.8 Å². The molecule has 4 saturated carbocycles. The molecule has 0 amide bonds. The second-order valence-electron chi connectivity index (χ2n) is 19.8. The van der Waals surface area contributed by atoms with Crippen LogP contribution in [0.1, 0.15) is 146 Å². The van der Waals surface area contributed by atoms with Crippen LogP contribution in [-0.4, -0.2) is 69.9 Å². The molecule has 4 atom stereocenters. The zero-order chi connectivity index (χ0) is 44.1. The van der Waals surface area contributed by atoms with Gasteiger partial charge < -0.3 is 31.6 Å². The van der Waals surface area contributed by atoms with Crippen LogP contribution in [0.2, 0.25) is 58.4 Å². The van der Waals surface area contributed by atoms with E-state index in [0.29, 0.717) is 28.9 Å². The lowest BCUT2D eigenvalue weighted by atomic mass is 9.73. The molecule has 0 heterocycles. The summed E-state index contributed by atoms with van der Waals surface area (Å²) in [4.78, 5) is 48.5. The van der Waals surface area contributed by atoms with Gasteiger partial charge in [-0.25, -0.2) is 4.79 Å². The Morgan fingerprint density at radius 2 is 1.00 bits per heavy atom. The molecule has 4 aliphatic carbocycles. The highest BCUT2D eigenvalue weighted by molar-refractivity contribution is 8.34. The van der Waals surface area contributed by atoms with Gasteiger partial charge in [0.15, 0.2) is 16.6 Å². The third-order valence-electron chi connectivity index (χ3n) is 12.3. The second kappa shape index (κ2) is 31.1. The summed E-state index contributed by atoms with van der Waals surface area (Å²) in [6.45, 7) is 22.0. The van der Waals surface area contributed by atoms with Gasteiger partial charge in [-0.3, -0.25) is 4.79 Å². The minimum Gasteiger partial charge on any atom is -0.619 e. The zero-order valence-electron chi connectivity index (χ0n) is 37.6. The van der Waals surface area contributed by atoms with Gasteiger partial charge in [0.2, 0.25) is 0 Å². The minimum absolute atomic E-state index is 0. The lowest BCUT2D eigenvalue weighted by Gasteiger charge is -2.38. The van der Waals surface area contributed by atoms with E-state index < -0.39 is 48.3 Å². The van der Waals surface area contributed by atoms with E-state index in [1.54, 1.807) is 6.92 Å². The first-order chi connectivity index (χ1) is 27.5. The van der Waals surface area contributed by atoms with Crippen LogP contribution in [0.25, 0.3) is 0 Å². The van der Waals surface area contributed by atoms with Crippen LogP contribution in [0.3, 0.4) is 0 Å². The summed E-state index contributed by atoms with van der Waals surface area (Å²) in [5.74, 6) is 2.29. The van der Waals surface area contributed by atoms with Crippen molar-refractivity contribution in [2.75, 3.05) is 0 Å².